The van der Waals surface area contributed by atoms with Crippen molar-refractivity contribution in [1.29, 1.82) is 0 Å². The molecule has 0 saturated heterocycles. The fraction of sp³-hybridized carbons (Fsp3) is 0.455. The maximum absolute atomic E-state index is 12.6. The van der Waals surface area contributed by atoms with Gasteiger partial charge in [-0.3, -0.25) is 10.1 Å². The number of carbonyl (C=O) groups is 3. The Labute approximate surface area is 175 Å². The number of benzene rings is 1. The number of ether oxygens (including phenoxy) is 1. The zero-order valence-electron chi connectivity index (χ0n) is 16.9. The van der Waals surface area contributed by atoms with Gasteiger partial charge < -0.3 is 10.1 Å². The average Bonchev–Trinajstić information content (AvgIpc) is 3.36. The van der Waals surface area contributed by atoms with Crippen molar-refractivity contribution in [2.75, 3.05) is 6.61 Å². The molecule has 3 amide bonds. The van der Waals surface area contributed by atoms with Gasteiger partial charge in [0.05, 0.1) is 5.69 Å². The van der Waals surface area contributed by atoms with Crippen LogP contribution in [0.2, 0.25) is 0 Å². The van der Waals surface area contributed by atoms with Crippen molar-refractivity contribution < 1.29 is 19.1 Å². The van der Waals surface area contributed by atoms with E-state index in [2.05, 4.69) is 15.7 Å². The van der Waals surface area contributed by atoms with Crippen molar-refractivity contribution in [3.63, 3.8) is 0 Å². The monoisotopic (exact) mass is 410 g/mol. The Morgan fingerprint density at radius 1 is 1.03 bits per heavy atom. The number of urea groups is 1. The summed E-state index contributed by atoms with van der Waals surface area (Å²) in [5, 5.41) is 9.47. The standard InChI is InChI=1S/C22H26N4O4/c27-19(24-22(29)23-15-8-3-1-4-9-15)14-30-21(28)20-17-12-7-13-18(17)26(25-20)16-10-5-2-6-11-16/h2,5-6,10-11,15H,1,3-4,7-9,12-14H2,(H2,23,24,27,29). The van der Waals surface area contributed by atoms with Gasteiger partial charge in [-0.15, -0.1) is 0 Å². The lowest BCUT2D eigenvalue weighted by Gasteiger charge is -2.22. The second-order valence-corrected chi connectivity index (χ2v) is 7.81. The van der Waals surface area contributed by atoms with Crippen LogP contribution in [0.4, 0.5) is 4.79 Å². The van der Waals surface area contributed by atoms with Crippen molar-refractivity contribution in [2.45, 2.75) is 57.4 Å². The Hall–Kier alpha value is -3.16. The van der Waals surface area contributed by atoms with Crippen molar-refractivity contribution in [1.82, 2.24) is 20.4 Å². The lowest BCUT2D eigenvalue weighted by molar-refractivity contribution is -0.123. The summed E-state index contributed by atoms with van der Waals surface area (Å²) in [7, 11) is 0. The van der Waals surface area contributed by atoms with Crippen LogP contribution in [-0.2, 0) is 22.4 Å². The first kappa shape index (κ1) is 20.1. The molecule has 1 aromatic heterocycles. The summed E-state index contributed by atoms with van der Waals surface area (Å²) in [6, 6.07) is 9.16. The van der Waals surface area contributed by atoms with E-state index in [0.29, 0.717) is 0 Å². The van der Waals surface area contributed by atoms with E-state index in [1.807, 2.05) is 30.3 Å². The van der Waals surface area contributed by atoms with Crippen molar-refractivity contribution in [3.05, 3.63) is 47.3 Å². The fourth-order valence-corrected chi connectivity index (χ4v) is 4.21. The zero-order valence-corrected chi connectivity index (χ0v) is 16.9. The van der Waals surface area contributed by atoms with Crippen molar-refractivity contribution in [3.8, 4) is 5.69 Å². The molecule has 4 rings (SSSR count). The number of para-hydroxylation sites is 1. The van der Waals surface area contributed by atoms with Gasteiger partial charge >= 0.3 is 12.0 Å². The summed E-state index contributed by atoms with van der Waals surface area (Å²) in [5.41, 5.74) is 3.00. The molecule has 0 aliphatic heterocycles. The summed E-state index contributed by atoms with van der Waals surface area (Å²) in [5.74, 6) is -1.30. The third kappa shape index (κ3) is 4.53. The van der Waals surface area contributed by atoms with Crippen LogP contribution in [0.5, 0.6) is 0 Å². The smallest absolute Gasteiger partial charge is 0.359 e. The highest BCUT2D eigenvalue weighted by Crippen LogP contribution is 2.28. The van der Waals surface area contributed by atoms with E-state index in [4.69, 9.17) is 4.74 Å². The minimum Gasteiger partial charge on any atom is -0.451 e. The number of nitrogens with zero attached hydrogens (tertiary/aromatic N) is 2. The molecule has 2 N–H and O–H groups in total. The Morgan fingerprint density at radius 2 is 1.80 bits per heavy atom. The quantitative estimate of drug-likeness (QED) is 0.738. The Bertz CT molecular complexity index is 932. The first-order chi connectivity index (χ1) is 14.6. The fourth-order valence-electron chi connectivity index (χ4n) is 4.21. The lowest BCUT2D eigenvalue weighted by atomic mass is 9.96. The molecule has 1 fully saturated rings. The maximum Gasteiger partial charge on any atom is 0.359 e. The first-order valence-electron chi connectivity index (χ1n) is 10.6. The highest BCUT2D eigenvalue weighted by Gasteiger charge is 2.28. The van der Waals surface area contributed by atoms with Gasteiger partial charge in [-0.05, 0) is 44.2 Å². The molecule has 0 unspecified atom stereocenters. The zero-order chi connectivity index (χ0) is 20.9. The Balaban J connectivity index is 1.34. The van der Waals surface area contributed by atoms with Gasteiger partial charge in [0.2, 0.25) is 0 Å². The van der Waals surface area contributed by atoms with Crippen LogP contribution in [-0.4, -0.2) is 40.3 Å². The molecular weight excluding hydrogens is 384 g/mol. The molecule has 1 aromatic carbocycles. The number of carbonyl (C=O) groups excluding carboxylic acids is 3. The molecule has 2 aliphatic rings. The van der Waals surface area contributed by atoms with Gasteiger partial charge in [-0.2, -0.15) is 5.10 Å². The maximum atomic E-state index is 12.6. The normalized spacial score (nSPS) is 16.0. The van der Waals surface area contributed by atoms with Gasteiger partial charge in [-0.25, -0.2) is 14.3 Å². The molecule has 0 atom stereocenters. The minimum atomic E-state index is -0.657. The molecule has 0 spiro atoms. The molecule has 2 aromatic rings. The van der Waals surface area contributed by atoms with Gasteiger partial charge in [0, 0.05) is 17.3 Å². The molecule has 1 saturated carbocycles. The number of esters is 1. The van der Waals surface area contributed by atoms with Crippen LogP contribution in [0.1, 0.15) is 60.3 Å². The van der Waals surface area contributed by atoms with E-state index in [-0.39, 0.29) is 11.7 Å². The summed E-state index contributed by atoms with van der Waals surface area (Å²) >= 11 is 0. The van der Waals surface area contributed by atoms with E-state index < -0.39 is 24.5 Å². The van der Waals surface area contributed by atoms with Crippen LogP contribution in [0.15, 0.2) is 30.3 Å². The SMILES string of the molecule is O=C(COC(=O)c1nn(-c2ccccc2)c2c1CCC2)NC(=O)NC1CCCCC1. The number of aromatic nitrogens is 2. The van der Waals surface area contributed by atoms with Crippen LogP contribution in [0.25, 0.3) is 5.69 Å². The van der Waals surface area contributed by atoms with E-state index in [1.165, 1.54) is 6.42 Å². The molecule has 2 aliphatic carbocycles. The molecule has 30 heavy (non-hydrogen) atoms. The third-order valence-electron chi connectivity index (χ3n) is 5.65. The predicted octanol–water partition coefficient (Wildman–Crippen LogP) is 2.68. The molecule has 8 heteroatoms. The number of hydrogen-bond acceptors (Lipinski definition) is 5. The second-order valence-electron chi connectivity index (χ2n) is 7.81. The Morgan fingerprint density at radius 3 is 2.57 bits per heavy atom. The molecule has 0 bridgehead atoms. The number of nitrogens with one attached hydrogen (secondary N) is 2. The lowest BCUT2D eigenvalue weighted by Crippen LogP contribution is -2.46. The summed E-state index contributed by atoms with van der Waals surface area (Å²) in [6.45, 7) is -0.524. The second kappa shape index (κ2) is 9.11. The topological polar surface area (TPSA) is 102 Å². The van der Waals surface area contributed by atoms with Crippen LogP contribution in [0, 0.1) is 0 Å². The van der Waals surface area contributed by atoms with Crippen molar-refractivity contribution in [2.24, 2.45) is 0 Å². The first-order valence-corrected chi connectivity index (χ1v) is 10.6. The van der Waals surface area contributed by atoms with Gasteiger partial charge in [0.15, 0.2) is 12.3 Å². The largest absolute Gasteiger partial charge is 0.451 e. The van der Waals surface area contributed by atoms with E-state index in [0.717, 1.165) is 61.9 Å². The molecule has 158 valence electrons. The number of fused-ring (bicyclic) bond motifs is 1. The highest BCUT2D eigenvalue weighted by molar-refractivity contribution is 5.97. The van der Waals surface area contributed by atoms with Crippen molar-refractivity contribution >= 4 is 17.9 Å². The number of amides is 3. The molecule has 8 nitrogen and oxygen atoms in total. The Kier molecular flexibility index (Phi) is 6.11. The number of imide groups is 1. The summed E-state index contributed by atoms with van der Waals surface area (Å²) in [6.07, 6.45) is 7.72. The summed E-state index contributed by atoms with van der Waals surface area (Å²) in [4.78, 5) is 36.5. The molecule has 1 heterocycles. The predicted molar refractivity (Wildman–Crippen MR) is 109 cm³/mol. The highest BCUT2D eigenvalue weighted by atomic mass is 16.5. The molecular formula is C22H26N4O4. The third-order valence-corrected chi connectivity index (χ3v) is 5.65. The van der Waals surface area contributed by atoms with Gasteiger partial charge in [0.25, 0.3) is 5.91 Å². The van der Waals surface area contributed by atoms with E-state index >= 15 is 0 Å². The minimum absolute atomic E-state index is 0.0960. The van der Waals surface area contributed by atoms with Crippen LogP contribution >= 0.6 is 0 Å². The average molecular weight is 410 g/mol. The molecule has 0 radical (unpaired) electrons. The van der Waals surface area contributed by atoms with E-state index in [1.54, 1.807) is 4.68 Å². The van der Waals surface area contributed by atoms with Crippen LogP contribution in [0.3, 0.4) is 0 Å². The van der Waals surface area contributed by atoms with Gasteiger partial charge in [0.1, 0.15) is 0 Å². The number of rotatable bonds is 5. The number of hydrogen-bond donors (Lipinski definition) is 2. The van der Waals surface area contributed by atoms with E-state index in [9.17, 15) is 14.4 Å². The summed E-state index contributed by atoms with van der Waals surface area (Å²) < 4.78 is 6.92. The van der Waals surface area contributed by atoms with Gasteiger partial charge in [-0.1, -0.05) is 37.5 Å². The van der Waals surface area contributed by atoms with Crippen LogP contribution < -0.4 is 10.6 Å².